The van der Waals surface area contributed by atoms with Crippen LogP contribution >= 0.6 is 11.8 Å². The maximum absolute atomic E-state index is 12.5. The van der Waals surface area contributed by atoms with E-state index in [4.69, 9.17) is 10.8 Å². The molecule has 3 amide bonds. The van der Waals surface area contributed by atoms with Crippen molar-refractivity contribution < 1.29 is 24.3 Å². The predicted octanol–water partition coefficient (Wildman–Crippen LogP) is -0.0607. The predicted molar refractivity (Wildman–Crippen MR) is 110 cm³/mol. The molecule has 0 saturated heterocycles. The van der Waals surface area contributed by atoms with E-state index < -0.39 is 41.8 Å². The summed E-state index contributed by atoms with van der Waals surface area (Å²) in [5.41, 5.74) is 5.85. The minimum Gasteiger partial charge on any atom is -0.480 e. The Morgan fingerprint density at radius 2 is 1.64 bits per heavy atom. The van der Waals surface area contributed by atoms with E-state index >= 15 is 0 Å². The largest absolute Gasteiger partial charge is 0.480 e. The van der Waals surface area contributed by atoms with Crippen LogP contribution in [0.4, 0.5) is 0 Å². The van der Waals surface area contributed by atoms with Gasteiger partial charge >= 0.3 is 5.97 Å². The standard InChI is InChI=1S/C18H34N4O5S/c1-6-11(4)15(22-16(24)12(19)7-8-28-5)17(25)20-9-13(23)21-14(10(2)3)18(26)27/h10-12,14-15H,6-9,19H2,1-5H3,(H,20,25)(H,21,23)(H,22,24)(H,26,27). The summed E-state index contributed by atoms with van der Waals surface area (Å²) in [6.45, 7) is 6.67. The van der Waals surface area contributed by atoms with E-state index in [0.717, 1.165) is 5.75 Å². The van der Waals surface area contributed by atoms with Crippen LogP contribution < -0.4 is 21.7 Å². The summed E-state index contributed by atoms with van der Waals surface area (Å²) in [5.74, 6) is -2.40. The number of rotatable bonds is 13. The number of aliphatic carboxylic acids is 1. The van der Waals surface area contributed by atoms with Gasteiger partial charge in [-0.25, -0.2) is 4.79 Å². The Labute approximate surface area is 170 Å². The maximum atomic E-state index is 12.5. The van der Waals surface area contributed by atoms with Gasteiger partial charge in [-0.3, -0.25) is 14.4 Å². The van der Waals surface area contributed by atoms with Crippen LogP contribution in [0, 0.1) is 11.8 Å². The second-order valence-corrected chi connectivity index (χ2v) is 8.09. The zero-order chi connectivity index (χ0) is 21.9. The van der Waals surface area contributed by atoms with Crippen LogP contribution in [-0.2, 0) is 19.2 Å². The molecule has 6 N–H and O–H groups in total. The molecule has 10 heteroatoms. The first-order chi connectivity index (χ1) is 13.0. The molecule has 9 nitrogen and oxygen atoms in total. The normalized spacial score (nSPS) is 15.2. The molecule has 0 radical (unpaired) electrons. The minimum absolute atomic E-state index is 0.165. The molecular formula is C18H34N4O5S. The first-order valence-electron chi connectivity index (χ1n) is 9.39. The Kier molecular flexibility index (Phi) is 12.5. The molecule has 4 unspecified atom stereocenters. The smallest absolute Gasteiger partial charge is 0.326 e. The second kappa shape index (κ2) is 13.4. The van der Waals surface area contributed by atoms with Gasteiger partial charge in [0.1, 0.15) is 12.1 Å². The Morgan fingerprint density at radius 1 is 1.04 bits per heavy atom. The first-order valence-corrected chi connectivity index (χ1v) is 10.8. The van der Waals surface area contributed by atoms with Crippen molar-refractivity contribution in [2.75, 3.05) is 18.6 Å². The molecule has 0 fully saturated rings. The van der Waals surface area contributed by atoms with Gasteiger partial charge in [-0.2, -0.15) is 11.8 Å². The second-order valence-electron chi connectivity index (χ2n) is 7.11. The van der Waals surface area contributed by atoms with E-state index in [0.29, 0.717) is 12.8 Å². The number of carboxylic acids is 1. The molecule has 0 saturated carbocycles. The van der Waals surface area contributed by atoms with Crippen molar-refractivity contribution in [3.8, 4) is 0 Å². The van der Waals surface area contributed by atoms with Crippen molar-refractivity contribution in [1.82, 2.24) is 16.0 Å². The molecule has 0 aromatic heterocycles. The molecule has 28 heavy (non-hydrogen) atoms. The first kappa shape index (κ1) is 26.2. The number of carbonyl (C=O) groups excluding carboxylic acids is 3. The molecular weight excluding hydrogens is 384 g/mol. The quantitative estimate of drug-likeness (QED) is 0.281. The summed E-state index contributed by atoms with van der Waals surface area (Å²) in [4.78, 5) is 47.9. The zero-order valence-corrected chi connectivity index (χ0v) is 18.1. The molecule has 0 aliphatic carbocycles. The van der Waals surface area contributed by atoms with Gasteiger partial charge in [0.25, 0.3) is 0 Å². The third kappa shape index (κ3) is 9.41. The fraction of sp³-hybridized carbons (Fsp3) is 0.778. The maximum Gasteiger partial charge on any atom is 0.326 e. The van der Waals surface area contributed by atoms with Crippen molar-refractivity contribution >= 4 is 35.5 Å². The summed E-state index contributed by atoms with van der Waals surface area (Å²) in [6, 6.07) is -2.58. The topological polar surface area (TPSA) is 151 Å². The Balaban J connectivity index is 4.84. The fourth-order valence-electron chi connectivity index (χ4n) is 2.35. The van der Waals surface area contributed by atoms with Gasteiger partial charge < -0.3 is 26.8 Å². The SMILES string of the molecule is CCC(C)C(NC(=O)C(N)CCSC)C(=O)NCC(=O)NC(C(=O)O)C(C)C. The van der Waals surface area contributed by atoms with E-state index in [1.165, 1.54) is 0 Å². The number of thioether (sulfide) groups is 1. The number of carboxylic acid groups (broad SMARTS) is 1. The number of nitrogens with two attached hydrogens (primary N) is 1. The van der Waals surface area contributed by atoms with Crippen LogP contribution in [0.3, 0.4) is 0 Å². The number of carbonyl (C=O) groups is 4. The molecule has 0 rings (SSSR count). The molecule has 0 aliphatic rings. The molecule has 4 atom stereocenters. The number of hydrogen-bond acceptors (Lipinski definition) is 6. The lowest BCUT2D eigenvalue weighted by atomic mass is 9.97. The number of nitrogens with one attached hydrogen (secondary N) is 3. The molecule has 0 heterocycles. The molecule has 0 bridgehead atoms. The highest BCUT2D eigenvalue weighted by Gasteiger charge is 2.29. The van der Waals surface area contributed by atoms with Crippen molar-refractivity contribution in [1.29, 1.82) is 0 Å². The number of amides is 3. The van der Waals surface area contributed by atoms with Crippen LogP contribution in [0.5, 0.6) is 0 Å². The van der Waals surface area contributed by atoms with Crippen LogP contribution in [-0.4, -0.2) is 65.5 Å². The van der Waals surface area contributed by atoms with Crippen LogP contribution in [0.1, 0.15) is 40.5 Å². The lowest BCUT2D eigenvalue weighted by Crippen LogP contribution is -2.56. The molecule has 0 spiro atoms. The van der Waals surface area contributed by atoms with Crippen LogP contribution in [0.15, 0.2) is 0 Å². The summed E-state index contributed by atoms with van der Waals surface area (Å²) < 4.78 is 0. The lowest BCUT2D eigenvalue weighted by Gasteiger charge is -2.25. The zero-order valence-electron chi connectivity index (χ0n) is 17.3. The van der Waals surface area contributed by atoms with Crippen LogP contribution in [0.2, 0.25) is 0 Å². The van der Waals surface area contributed by atoms with E-state index in [2.05, 4.69) is 16.0 Å². The third-order valence-corrected chi connectivity index (χ3v) is 5.08. The highest BCUT2D eigenvalue weighted by atomic mass is 32.2. The minimum atomic E-state index is -1.14. The van der Waals surface area contributed by atoms with Gasteiger partial charge in [0.05, 0.1) is 12.6 Å². The Hall–Kier alpha value is -1.81. The van der Waals surface area contributed by atoms with Crippen LogP contribution in [0.25, 0.3) is 0 Å². The number of hydrogen-bond donors (Lipinski definition) is 5. The summed E-state index contributed by atoms with van der Waals surface area (Å²) in [6.07, 6.45) is 3.05. The van der Waals surface area contributed by atoms with E-state index in [1.807, 2.05) is 20.1 Å². The monoisotopic (exact) mass is 418 g/mol. The van der Waals surface area contributed by atoms with E-state index in [1.54, 1.807) is 25.6 Å². The van der Waals surface area contributed by atoms with Gasteiger partial charge in [0, 0.05) is 0 Å². The highest BCUT2D eigenvalue weighted by Crippen LogP contribution is 2.09. The van der Waals surface area contributed by atoms with Crippen molar-refractivity contribution in [2.45, 2.75) is 58.7 Å². The lowest BCUT2D eigenvalue weighted by molar-refractivity contribution is -0.143. The van der Waals surface area contributed by atoms with Crippen molar-refractivity contribution in [3.63, 3.8) is 0 Å². The summed E-state index contributed by atoms with van der Waals surface area (Å²) in [5, 5.41) is 16.6. The van der Waals surface area contributed by atoms with Gasteiger partial charge in [0.2, 0.25) is 17.7 Å². The molecule has 0 aromatic rings. The molecule has 162 valence electrons. The Morgan fingerprint density at radius 3 is 2.11 bits per heavy atom. The summed E-state index contributed by atoms with van der Waals surface area (Å²) in [7, 11) is 0. The van der Waals surface area contributed by atoms with Crippen molar-refractivity contribution in [2.24, 2.45) is 17.6 Å². The third-order valence-electron chi connectivity index (χ3n) is 4.44. The van der Waals surface area contributed by atoms with Gasteiger partial charge in [0.15, 0.2) is 0 Å². The van der Waals surface area contributed by atoms with Gasteiger partial charge in [-0.15, -0.1) is 0 Å². The summed E-state index contributed by atoms with van der Waals surface area (Å²) >= 11 is 1.58. The van der Waals surface area contributed by atoms with E-state index in [-0.39, 0.29) is 18.4 Å². The van der Waals surface area contributed by atoms with Gasteiger partial charge in [-0.05, 0) is 30.3 Å². The fourth-order valence-corrected chi connectivity index (χ4v) is 2.84. The molecule has 0 aromatic carbocycles. The highest BCUT2D eigenvalue weighted by molar-refractivity contribution is 7.98. The van der Waals surface area contributed by atoms with Crippen molar-refractivity contribution in [3.05, 3.63) is 0 Å². The average Bonchev–Trinajstić information content (AvgIpc) is 2.64. The average molecular weight is 419 g/mol. The van der Waals surface area contributed by atoms with Gasteiger partial charge in [-0.1, -0.05) is 34.1 Å². The Bertz CT molecular complexity index is 544. The van der Waals surface area contributed by atoms with E-state index in [9.17, 15) is 19.2 Å². The molecule has 0 aliphatic heterocycles.